The molecule has 310 valence electrons. The Bertz CT molecular complexity index is 2150. The number of thiazole rings is 1. The van der Waals surface area contributed by atoms with Gasteiger partial charge in [-0.05, 0) is 85.3 Å². The molecule has 6 rings (SSSR count). The first kappa shape index (κ1) is 42.5. The summed E-state index contributed by atoms with van der Waals surface area (Å²) >= 11 is 1.53. The standard InChI is InChI=1S/C41H56N6O8S2/c1-25(2)47-31-18-14-17-30(36-42-26(3)24-56-36)35(31)43-39(47)54-29-20-32-33(48)22-41(38(51)44-57(52,53)45(7)8)21-28(41)16-13-11-9-10-12-15-27(37(50)46(32)23-29)19-34(49)55-40(4,5)6/h13-14,16-18,24-25,27-29,32H,9-12,15,19-23H2,1-8H3,(H,44,51)/b16-13-/t27-,28+,29-,32+,41-/m1/s1. The SMILES string of the molecule is Cc1csc(-c2cccc3c2nc(O[C@@H]2C[C@H]4C(=O)C[C@]5(C(=O)NS(=O)(=O)N(C)C)C[C@@H]5/C=C\CCCCC[C@H](CC(=O)OC(C)(C)C)C(=O)N4C2)n3C(C)C)n1. The zero-order valence-corrected chi connectivity index (χ0v) is 35.9. The lowest BCUT2D eigenvalue weighted by molar-refractivity contribution is -0.159. The second kappa shape index (κ2) is 16.6. The van der Waals surface area contributed by atoms with Crippen LogP contribution in [-0.2, 0) is 34.1 Å². The quantitative estimate of drug-likeness (QED) is 0.195. The van der Waals surface area contributed by atoms with Gasteiger partial charge < -0.3 is 14.4 Å². The maximum absolute atomic E-state index is 14.7. The Hall–Kier alpha value is -4.15. The number of hydrogen-bond acceptors (Lipinski definition) is 11. The fourth-order valence-corrected chi connectivity index (χ4v) is 9.44. The monoisotopic (exact) mass is 824 g/mol. The maximum atomic E-state index is 14.7. The molecule has 1 saturated heterocycles. The van der Waals surface area contributed by atoms with E-state index in [-0.39, 0.29) is 49.5 Å². The maximum Gasteiger partial charge on any atom is 0.307 e. The van der Waals surface area contributed by atoms with Gasteiger partial charge in [-0.1, -0.05) is 31.1 Å². The fourth-order valence-electron chi connectivity index (χ4n) is 8.00. The molecule has 0 unspecified atom stereocenters. The molecule has 1 aliphatic carbocycles. The highest BCUT2D eigenvalue weighted by Crippen LogP contribution is 2.57. The molecule has 2 aromatic heterocycles. The lowest BCUT2D eigenvalue weighted by Gasteiger charge is -2.29. The number of hydrogen-bond donors (Lipinski definition) is 1. The van der Waals surface area contributed by atoms with Crippen LogP contribution in [0.15, 0.2) is 35.7 Å². The van der Waals surface area contributed by atoms with Gasteiger partial charge in [0.25, 0.3) is 6.01 Å². The van der Waals surface area contributed by atoms with Gasteiger partial charge in [-0.25, -0.2) is 9.71 Å². The van der Waals surface area contributed by atoms with Gasteiger partial charge in [0.15, 0.2) is 5.78 Å². The minimum absolute atomic E-state index is 0.0525. The van der Waals surface area contributed by atoms with E-state index in [9.17, 15) is 27.6 Å². The summed E-state index contributed by atoms with van der Waals surface area (Å²) < 4.78 is 43.0. The minimum Gasteiger partial charge on any atom is -0.460 e. The predicted octanol–water partition coefficient (Wildman–Crippen LogP) is 6.15. The summed E-state index contributed by atoms with van der Waals surface area (Å²) in [6.45, 7) is 11.4. The summed E-state index contributed by atoms with van der Waals surface area (Å²) in [5, 5.41) is 2.82. The number of nitrogens with one attached hydrogen (secondary N) is 1. The van der Waals surface area contributed by atoms with Crippen LogP contribution in [0.4, 0.5) is 0 Å². The molecule has 2 amide bonds. The largest absolute Gasteiger partial charge is 0.460 e. The van der Waals surface area contributed by atoms with Crippen molar-refractivity contribution in [1.29, 1.82) is 0 Å². The van der Waals surface area contributed by atoms with Crippen molar-refractivity contribution in [2.24, 2.45) is 17.3 Å². The highest BCUT2D eigenvalue weighted by molar-refractivity contribution is 7.87. The number of Topliss-reactive ketones (excluding diaryl/α,β-unsaturated/α-hetero) is 1. The molecular weight excluding hydrogens is 769 g/mol. The van der Waals surface area contributed by atoms with Crippen molar-refractivity contribution in [3.8, 4) is 16.6 Å². The minimum atomic E-state index is -4.13. The second-order valence-corrected chi connectivity index (χ2v) is 19.9. The molecule has 14 nitrogen and oxygen atoms in total. The third kappa shape index (κ3) is 9.44. The van der Waals surface area contributed by atoms with E-state index in [0.717, 1.165) is 50.9 Å². The van der Waals surface area contributed by atoms with Crippen LogP contribution in [-0.4, -0.2) is 94.1 Å². The van der Waals surface area contributed by atoms with Crippen LogP contribution in [0.25, 0.3) is 21.6 Å². The highest BCUT2D eigenvalue weighted by atomic mass is 32.2. The first-order valence-corrected chi connectivity index (χ1v) is 22.2. The molecule has 5 atom stereocenters. The third-order valence-corrected chi connectivity index (χ3v) is 13.4. The number of allylic oxidation sites excluding steroid dienone is 2. The van der Waals surface area contributed by atoms with Crippen molar-refractivity contribution in [2.45, 2.75) is 123 Å². The van der Waals surface area contributed by atoms with Crippen molar-refractivity contribution in [2.75, 3.05) is 20.6 Å². The van der Waals surface area contributed by atoms with Crippen LogP contribution in [0.1, 0.15) is 104 Å². The molecule has 3 aliphatic rings. The molecule has 0 spiro atoms. The Morgan fingerprint density at radius 3 is 2.54 bits per heavy atom. The summed E-state index contributed by atoms with van der Waals surface area (Å²) in [7, 11) is -1.48. The van der Waals surface area contributed by atoms with Crippen LogP contribution in [0.5, 0.6) is 6.01 Å². The number of rotatable bonds is 9. The number of fused-ring (bicyclic) bond motifs is 3. The Balaban J connectivity index is 1.36. The van der Waals surface area contributed by atoms with Crippen LogP contribution < -0.4 is 9.46 Å². The van der Waals surface area contributed by atoms with E-state index in [4.69, 9.17) is 19.4 Å². The molecular formula is C41H56N6O8S2. The smallest absolute Gasteiger partial charge is 0.307 e. The number of amides is 2. The number of para-hydroxylation sites is 1. The van der Waals surface area contributed by atoms with E-state index in [1.807, 2.05) is 61.1 Å². The summed E-state index contributed by atoms with van der Waals surface area (Å²) in [5.41, 5.74) is 1.33. The zero-order chi connectivity index (χ0) is 41.4. The summed E-state index contributed by atoms with van der Waals surface area (Å²) in [5.74, 6) is -3.04. The van der Waals surface area contributed by atoms with Gasteiger partial charge in [0.05, 0.1) is 29.9 Å². The van der Waals surface area contributed by atoms with Gasteiger partial charge in [0.1, 0.15) is 22.2 Å². The molecule has 3 aromatic rings. The molecule has 57 heavy (non-hydrogen) atoms. The number of ether oxygens (including phenoxy) is 2. The molecule has 1 saturated carbocycles. The number of esters is 1. The number of carbonyl (C=O) groups excluding carboxylic acids is 4. The van der Waals surface area contributed by atoms with Crippen LogP contribution >= 0.6 is 11.3 Å². The Morgan fingerprint density at radius 2 is 1.88 bits per heavy atom. The van der Waals surface area contributed by atoms with Gasteiger partial charge in [-0.2, -0.15) is 17.7 Å². The van der Waals surface area contributed by atoms with E-state index >= 15 is 0 Å². The molecule has 1 aromatic carbocycles. The topological polar surface area (TPSA) is 170 Å². The first-order valence-electron chi connectivity index (χ1n) is 19.9. The van der Waals surface area contributed by atoms with Gasteiger partial charge in [0.2, 0.25) is 11.8 Å². The second-order valence-electron chi connectivity index (χ2n) is 17.2. The normalized spacial score (nSPS) is 25.5. The highest BCUT2D eigenvalue weighted by Gasteiger charge is 2.61. The van der Waals surface area contributed by atoms with E-state index < -0.39 is 51.2 Å². The van der Waals surface area contributed by atoms with Crippen molar-refractivity contribution in [1.82, 2.24) is 28.5 Å². The number of nitrogens with zero attached hydrogens (tertiary/aromatic N) is 5. The lowest BCUT2D eigenvalue weighted by Crippen LogP contribution is -2.47. The summed E-state index contributed by atoms with van der Waals surface area (Å²) in [4.78, 5) is 67.5. The Kier molecular flexibility index (Phi) is 12.4. The van der Waals surface area contributed by atoms with Crippen LogP contribution in [0.2, 0.25) is 0 Å². The third-order valence-electron chi connectivity index (χ3n) is 11.0. The predicted molar refractivity (Wildman–Crippen MR) is 218 cm³/mol. The molecule has 16 heteroatoms. The lowest BCUT2D eigenvalue weighted by atomic mass is 9.90. The molecule has 2 aliphatic heterocycles. The average Bonchev–Trinajstić information content (AvgIpc) is 3.42. The summed E-state index contributed by atoms with van der Waals surface area (Å²) in [6, 6.07) is 5.22. The number of aryl methyl sites for hydroxylation is 1. The van der Waals surface area contributed by atoms with Crippen molar-refractivity contribution < 1.29 is 37.1 Å². The van der Waals surface area contributed by atoms with Crippen molar-refractivity contribution in [3.63, 3.8) is 0 Å². The van der Waals surface area contributed by atoms with Crippen LogP contribution in [0, 0.1) is 24.2 Å². The van der Waals surface area contributed by atoms with Crippen molar-refractivity contribution in [3.05, 3.63) is 41.4 Å². The average molecular weight is 825 g/mol. The number of aromatic nitrogens is 3. The molecule has 0 radical (unpaired) electrons. The molecule has 1 N–H and O–H groups in total. The van der Waals surface area contributed by atoms with Gasteiger partial charge in [-0.15, -0.1) is 11.3 Å². The Morgan fingerprint density at radius 1 is 1.12 bits per heavy atom. The summed E-state index contributed by atoms with van der Waals surface area (Å²) in [6.07, 6.45) is 6.75. The molecule has 4 heterocycles. The zero-order valence-electron chi connectivity index (χ0n) is 34.2. The van der Waals surface area contributed by atoms with Crippen molar-refractivity contribution >= 4 is 56.1 Å². The van der Waals surface area contributed by atoms with Gasteiger partial charge in [-0.3, -0.25) is 23.7 Å². The van der Waals surface area contributed by atoms with E-state index in [2.05, 4.69) is 4.72 Å². The first-order chi connectivity index (χ1) is 26.8. The number of carbonyl (C=O) groups is 4. The number of benzene rings is 1. The van der Waals surface area contributed by atoms with E-state index in [1.165, 1.54) is 30.3 Å². The fraction of sp³-hybridized carbons (Fsp3) is 0.610. The molecule has 0 bridgehead atoms. The number of imidazole rings is 1. The van der Waals surface area contributed by atoms with E-state index in [0.29, 0.717) is 25.3 Å². The number of ketones is 1. The van der Waals surface area contributed by atoms with Crippen LogP contribution in [0.3, 0.4) is 0 Å². The van der Waals surface area contributed by atoms with Gasteiger partial charge in [0, 0.05) is 55.5 Å². The van der Waals surface area contributed by atoms with E-state index in [1.54, 1.807) is 20.8 Å². The van der Waals surface area contributed by atoms with Gasteiger partial charge >= 0.3 is 16.2 Å². The Labute approximate surface area is 339 Å². The molecule has 2 fully saturated rings.